The Labute approximate surface area is 122 Å². The Kier molecular flexibility index (Phi) is 4.30. The third-order valence-corrected chi connectivity index (χ3v) is 5.10. The van der Waals surface area contributed by atoms with E-state index in [0.717, 1.165) is 31.1 Å². The molecule has 0 bridgehead atoms. The minimum Gasteiger partial charge on any atom is -0.493 e. The van der Waals surface area contributed by atoms with Crippen LogP contribution in [0.3, 0.4) is 0 Å². The average molecular weight is 273 g/mol. The van der Waals surface area contributed by atoms with E-state index in [4.69, 9.17) is 4.74 Å². The van der Waals surface area contributed by atoms with E-state index in [-0.39, 0.29) is 0 Å². The van der Waals surface area contributed by atoms with Crippen LogP contribution in [0.25, 0.3) is 0 Å². The molecule has 1 aliphatic carbocycles. The van der Waals surface area contributed by atoms with Crippen molar-refractivity contribution in [3.05, 3.63) is 29.3 Å². The molecule has 0 saturated heterocycles. The van der Waals surface area contributed by atoms with Crippen LogP contribution in [-0.4, -0.2) is 12.6 Å². The fourth-order valence-corrected chi connectivity index (χ4v) is 3.78. The van der Waals surface area contributed by atoms with Crippen LogP contribution >= 0.6 is 0 Å². The molecule has 2 heteroatoms. The van der Waals surface area contributed by atoms with Crippen molar-refractivity contribution < 1.29 is 4.74 Å². The van der Waals surface area contributed by atoms with E-state index in [1.165, 1.54) is 36.8 Å². The lowest BCUT2D eigenvalue weighted by atomic mass is 9.95. The molecule has 2 nitrogen and oxygen atoms in total. The van der Waals surface area contributed by atoms with Gasteiger partial charge in [0.2, 0.25) is 0 Å². The summed E-state index contributed by atoms with van der Waals surface area (Å²) in [5, 5.41) is 3.88. The molecule has 3 rings (SSSR count). The summed E-state index contributed by atoms with van der Waals surface area (Å²) in [6, 6.07) is 7.86. The van der Waals surface area contributed by atoms with Crippen molar-refractivity contribution in [2.75, 3.05) is 6.61 Å². The Morgan fingerprint density at radius 2 is 2.10 bits per heavy atom. The van der Waals surface area contributed by atoms with Gasteiger partial charge in [0.1, 0.15) is 5.75 Å². The quantitative estimate of drug-likeness (QED) is 0.866. The summed E-state index contributed by atoms with van der Waals surface area (Å²) >= 11 is 0. The van der Waals surface area contributed by atoms with Gasteiger partial charge in [0.25, 0.3) is 0 Å². The zero-order chi connectivity index (χ0) is 13.9. The Bertz CT molecular complexity index is 451. The fraction of sp³-hybridized carbons (Fsp3) is 0.667. The van der Waals surface area contributed by atoms with Crippen molar-refractivity contribution in [2.24, 2.45) is 5.92 Å². The summed E-state index contributed by atoms with van der Waals surface area (Å²) in [6.07, 6.45) is 7.87. The first-order chi connectivity index (χ1) is 9.78. The van der Waals surface area contributed by atoms with Crippen LogP contribution in [0, 0.1) is 5.92 Å². The predicted octanol–water partition coefficient (Wildman–Crippen LogP) is 4.24. The molecule has 20 heavy (non-hydrogen) atoms. The summed E-state index contributed by atoms with van der Waals surface area (Å²) in [5.41, 5.74) is 2.82. The van der Waals surface area contributed by atoms with E-state index >= 15 is 0 Å². The Hall–Kier alpha value is -1.02. The summed E-state index contributed by atoms with van der Waals surface area (Å²) in [5.74, 6) is 1.97. The maximum absolute atomic E-state index is 5.61. The first-order valence-corrected chi connectivity index (χ1v) is 8.29. The minimum atomic E-state index is 0.483. The van der Waals surface area contributed by atoms with E-state index in [0.29, 0.717) is 12.1 Å². The van der Waals surface area contributed by atoms with Crippen molar-refractivity contribution in [3.63, 3.8) is 0 Å². The number of nitrogens with one attached hydrogen (secondary N) is 1. The number of fused-ring (bicyclic) bond motifs is 1. The standard InChI is InChI=1S/C18H27NO/c1-3-17(19-13(2)14-6-4-5-7-14)15-8-9-18-16(12-15)10-11-20-18/h8-9,12-14,17,19H,3-7,10-11H2,1-2H3/t13-,17?/m0/s1. The van der Waals surface area contributed by atoms with Gasteiger partial charge in [-0.3, -0.25) is 0 Å². The third-order valence-electron chi connectivity index (χ3n) is 5.10. The first kappa shape index (κ1) is 13.9. The van der Waals surface area contributed by atoms with Crippen LogP contribution in [0.15, 0.2) is 18.2 Å². The molecule has 1 aromatic rings. The lowest BCUT2D eigenvalue weighted by molar-refractivity contribution is 0.338. The third kappa shape index (κ3) is 2.85. The number of hydrogen-bond donors (Lipinski definition) is 1. The highest BCUT2D eigenvalue weighted by Crippen LogP contribution is 2.32. The maximum Gasteiger partial charge on any atom is 0.122 e. The zero-order valence-corrected chi connectivity index (χ0v) is 12.8. The molecule has 0 aromatic heterocycles. The van der Waals surface area contributed by atoms with Gasteiger partial charge in [-0.1, -0.05) is 31.9 Å². The van der Waals surface area contributed by atoms with E-state index in [1.807, 2.05) is 0 Å². The topological polar surface area (TPSA) is 21.3 Å². The molecule has 0 radical (unpaired) electrons. The van der Waals surface area contributed by atoms with Crippen LogP contribution in [0.2, 0.25) is 0 Å². The Morgan fingerprint density at radius 3 is 2.85 bits per heavy atom. The molecule has 1 unspecified atom stereocenters. The number of benzene rings is 1. The highest BCUT2D eigenvalue weighted by atomic mass is 16.5. The van der Waals surface area contributed by atoms with Gasteiger partial charge in [-0.05, 0) is 49.3 Å². The second kappa shape index (κ2) is 6.17. The number of ether oxygens (including phenoxy) is 1. The molecule has 0 amide bonds. The maximum atomic E-state index is 5.61. The minimum absolute atomic E-state index is 0.483. The molecule has 1 aromatic carbocycles. The smallest absolute Gasteiger partial charge is 0.122 e. The van der Waals surface area contributed by atoms with Crippen LogP contribution in [-0.2, 0) is 6.42 Å². The highest BCUT2D eigenvalue weighted by Gasteiger charge is 2.24. The van der Waals surface area contributed by atoms with Crippen LogP contribution in [0.4, 0.5) is 0 Å². The van der Waals surface area contributed by atoms with E-state index in [1.54, 1.807) is 0 Å². The van der Waals surface area contributed by atoms with Gasteiger partial charge in [-0.2, -0.15) is 0 Å². The molecule has 110 valence electrons. The largest absolute Gasteiger partial charge is 0.493 e. The summed E-state index contributed by atoms with van der Waals surface area (Å²) in [6.45, 7) is 5.50. The second-order valence-electron chi connectivity index (χ2n) is 6.43. The van der Waals surface area contributed by atoms with Crippen molar-refractivity contribution in [1.29, 1.82) is 0 Å². The van der Waals surface area contributed by atoms with Gasteiger partial charge in [-0.15, -0.1) is 0 Å². The molecule has 1 heterocycles. The van der Waals surface area contributed by atoms with Crippen molar-refractivity contribution in [3.8, 4) is 5.75 Å². The first-order valence-electron chi connectivity index (χ1n) is 8.29. The van der Waals surface area contributed by atoms with Gasteiger partial charge >= 0.3 is 0 Å². The Balaban J connectivity index is 1.69. The van der Waals surface area contributed by atoms with Gasteiger partial charge in [-0.25, -0.2) is 0 Å². The van der Waals surface area contributed by atoms with Gasteiger partial charge in [0.15, 0.2) is 0 Å². The monoisotopic (exact) mass is 273 g/mol. The molecule has 1 fully saturated rings. The summed E-state index contributed by atoms with van der Waals surface area (Å²) in [4.78, 5) is 0. The SMILES string of the molecule is CCC(N[C@@H](C)C1CCCC1)c1ccc2c(c1)CCO2. The lowest BCUT2D eigenvalue weighted by Crippen LogP contribution is -2.35. The molecule has 2 atom stereocenters. The zero-order valence-electron chi connectivity index (χ0n) is 12.8. The van der Waals surface area contributed by atoms with E-state index < -0.39 is 0 Å². The predicted molar refractivity (Wildman–Crippen MR) is 83.2 cm³/mol. The fourth-order valence-electron chi connectivity index (χ4n) is 3.78. The normalized spacial score (nSPS) is 21.5. The number of rotatable bonds is 5. The van der Waals surface area contributed by atoms with Crippen LogP contribution in [0.5, 0.6) is 5.75 Å². The van der Waals surface area contributed by atoms with Gasteiger partial charge in [0.05, 0.1) is 6.61 Å². The molecular formula is C18H27NO. The number of hydrogen-bond acceptors (Lipinski definition) is 2. The molecule has 2 aliphatic rings. The van der Waals surface area contributed by atoms with Crippen molar-refractivity contribution in [2.45, 2.75) is 64.5 Å². The molecule has 1 aliphatic heterocycles. The molecular weight excluding hydrogens is 246 g/mol. The Morgan fingerprint density at radius 1 is 1.30 bits per heavy atom. The highest BCUT2D eigenvalue weighted by molar-refractivity contribution is 5.40. The van der Waals surface area contributed by atoms with Crippen molar-refractivity contribution in [1.82, 2.24) is 5.32 Å². The van der Waals surface area contributed by atoms with E-state index in [9.17, 15) is 0 Å². The summed E-state index contributed by atoms with van der Waals surface area (Å²) < 4.78 is 5.61. The summed E-state index contributed by atoms with van der Waals surface area (Å²) in [7, 11) is 0. The van der Waals surface area contributed by atoms with Crippen molar-refractivity contribution >= 4 is 0 Å². The van der Waals surface area contributed by atoms with Gasteiger partial charge in [0, 0.05) is 18.5 Å². The lowest BCUT2D eigenvalue weighted by Gasteiger charge is -2.27. The molecule has 1 N–H and O–H groups in total. The van der Waals surface area contributed by atoms with Crippen LogP contribution < -0.4 is 10.1 Å². The molecule has 0 spiro atoms. The molecule has 1 saturated carbocycles. The van der Waals surface area contributed by atoms with Crippen LogP contribution in [0.1, 0.15) is 63.1 Å². The second-order valence-corrected chi connectivity index (χ2v) is 6.43. The van der Waals surface area contributed by atoms with E-state index in [2.05, 4.69) is 37.4 Å². The van der Waals surface area contributed by atoms with Gasteiger partial charge < -0.3 is 10.1 Å². The average Bonchev–Trinajstić information content (AvgIpc) is 3.14.